The lowest BCUT2D eigenvalue weighted by Crippen LogP contribution is -2.19. The van der Waals surface area contributed by atoms with Gasteiger partial charge in [0.2, 0.25) is 0 Å². The number of nitrogens with zero attached hydrogens (tertiary/aromatic N) is 1. The summed E-state index contributed by atoms with van der Waals surface area (Å²) in [5.74, 6) is 0. The third-order valence-electron chi connectivity index (χ3n) is 3.99. The zero-order chi connectivity index (χ0) is 16.7. The highest BCUT2D eigenvalue weighted by Crippen LogP contribution is 2.29. The van der Waals surface area contributed by atoms with E-state index in [9.17, 15) is 0 Å². The number of para-hydroxylation sites is 1. The van der Waals surface area contributed by atoms with Crippen LogP contribution in [0.5, 0.6) is 0 Å². The first kappa shape index (κ1) is 17.8. The summed E-state index contributed by atoms with van der Waals surface area (Å²) >= 11 is 0. The van der Waals surface area contributed by atoms with Crippen LogP contribution in [0.1, 0.15) is 26.7 Å². The van der Waals surface area contributed by atoms with E-state index in [2.05, 4.69) is 92.8 Å². The van der Waals surface area contributed by atoms with Gasteiger partial charge in [-0.25, -0.2) is 0 Å². The Morgan fingerprint density at radius 1 is 1.17 bits per heavy atom. The predicted molar refractivity (Wildman–Crippen MR) is 107 cm³/mol. The maximum Gasteiger partial charge on any atom is 0.0458 e. The number of hydrogen-bond donors (Lipinski definition) is 0. The standard InChI is InChI=1S/C21H28NP/c1-5-19-10-9-13-21(15-14-19)22(18(2)16-17-23(3)4)20-11-7-6-8-12-20/h6-9,11-16H,5,10,17H2,1-4H3/b18-16+. The Hall–Kier alpha value is -1.59. The number of rotatable bonds is 6. The van der Waals surface area contributed by atoms with E-state index in [-0.39, 0.29) is 7.92 Å². The maximum atomic E-state index is 2.38. The van der Waals surface area contributed by atoms with Crippen molar-refractivity contribution in [2.45, 2.75) is 26.7 Å². The van der Waals surface area contributed by atoms with Gasteiger partial charge in [-0.1, -0.05) is 48.9 Å². The zero-order valence-electron chi connectivity index (χ0n) is 14.8. The van der Waals surface area contributed by atoms with Gasteiger partial charge in [-0.3, -0.25) is 0 Å². The second kappa shape index (κ2) is 8.89. The van der Waals surface area contributed by atoms with Crippen LogP contribution >= 0.6 is 7.92 Å². The highest BCUT2D eigenvalue weighted by atomic mass is 31.1. The Bertz CT molecular complexity index is 621. The van der Waals surface area contributed by atoms with Gasteiger partial charge in [0.25, 0.3) is 0 Å². The first-order valence-corrected chi connectivity index (χ1v) is 10.8. The largest absolute Gasteiger partial charge is 0.315 e. The molecular weight excluding hydrogens is 297 g/mol. The van der Waals surface area contributed by atoms with Crippen molar-refractivity contribution in [1.29, 1.82) is 0 Å². The van der Waals surface area contributed by atoms with Gasteiger partial charge in [0.1, 0.15) is 0 Å². The quantitative estimate of drug-likeness (QED) is 0.553. The van der Waals surface area contributed by atoms with Crippen LogP contribution in [0.15, 0.2) is 77.7 Å². The molecular formula is C21H28NP. The van der Waals surface area contributed by atoms with Crippen molar-refractivity contribution in [3.63, 3.8) is 0 Å². The Kier molecular flexibility index (Phi) is 6.86. The highest BCUT2D eigenvalue weighted by molar-refractivity contribution is 7.56. The molecule has 1 aliphatic rings. The minimum atomic E-state index is 0.0883. The normalized spacial score (nSPS) is 15.3. The van der Waals surface area contributed by atoms with Crippen molar-refractivity contribution in [1.82, 2.24) is 0 Å². The molecule has 1 nitrogen and oxygen atoms in total. The smallest absolute Gasteiger partial charge is 0.0458 e. The van der Waals surface area contributed by atoms with Gasteiger partial charge in [0.15, 0.2) is 0 Å². The Morgan fingerprint density at radius 2 is 1.91 bits per heavy atom. The van der Waals surface area contributed by atoms with Gasteiger partial charge < -0.3 is 4.90 Å². The summed E-state index contributed by atoms with van der Waals surface area (Å²) in [5, 5.41) is 0. The van der Waals surface area contributed by atoms with E-state index in [1.165, 1.54) is 22.7 Å². The van der Waals surface area contributed by atoms with Gasteiger partial charge in [-0.2, -0.15) is 0 Å². The van der Waals surface area contributed by atoms with E-state index in [0.717, 1.165) is 19.0 Å². The number of benzene rings is 1. The summed E-state index contributed by atoms with van der Waals surface area (Å²) in [6, 6.07) is 10.7. The first-order valence-electron chi connectivity index (χ1n) is 8.34. The number of allylic oxidation sites excluding steroid dienone is 7. The van der Waals surface area contributed by atoms with Crippen molar-refractivity contribution in [2.24, 2.45) is 0 Å². The highest BCUT2D eigenvalue weighted by Gasteiger charge is 2.12. The van der Waals surface area contributed by atoms with Crippen LogP contribution in [0.4, 0.5) is 5.69 Å². The van der Waals surface area contributed by atoms with Crippen LogP contribution in [0.2, 0.25) is 0 Å². The molecule has 0 fully saturated rings. The average molecular weight is 325 g/mol. The van der Waals surface area contributed by atoms with E-state index < -0.39 is 0 Å². The molecule has 2 heteroatoms. The minimum absolute atomic E-state index is 0.0883. The molecule has 0 saturated heterocycles. The van der Waals surface area contributed by atoms with Gasteiger partial charge in [-0.05, 0) is 63.5 Å². The molecule has 2 rings (SSSR count). The third kappa shape index (κ3) is 5.22. The predicted octanol–water partition coefficient (Wildman–Crippen LogP) is 6.32. The summed E-state index contributed by atoms with van der Waals surface area (Å²) in [5.41, 5.74) is 5.25. The van der Waals surface area contributed by atoms with Crippen LogP contribution in [0, 0.1) is 0 Å². The summed E-state index contributed by atoms with van der Waals surface area (Å²) in [7, 11) is 0.0883. The van der Waals surface area contributed by atoms with E-state index in [0.29, 0.717) is 0 Å². The molecule has 0 aromatic heterocycles. The minimum Gasteiger partial charge on any atom is -0.315 e. The molecule has 0 amide bonds. The summed E-state index contributed by atoms with van der Waals surface area (Å²) < 4.78 is 0. The van der Waals surface area contributed by atoms with Gasteiger partial charge in [-0.15, -0.1) is 7.92 Å². The molecule has 0 spiro atoms. The third-order valence-corrected chi connectivity index (χ3v) is 4.90. The van der Waals surface area contributed by atoms with Crippen molar-refractivity contribution >= 4 is 13.6 Å². The molecule has 0 saturated carbocycles. The summed E-state index contributed by atoms with van der Waals surface area (Å²) in [6.45, 7) is 9.10. The second-order valence-electron chi connectivity index (χ2n) is 6.16. The van der Waals surface area contributed by atoms with Gasteiger partial charge >= 0.3 is 0 Å². The Labute approximate surface area is 142 Å². The molecule has 23 heavy (non-hydrogen) atoms. The lowest BCUT2D eigenvalue weighted by molar-refractivity contribution is 1.03. The van der Waals surface area contributed by atoms with Crippen molar-refractivity contribution in [3.05, 3.63) is 77.7 Å². The fourth-order valence-electron chi connectivity index (χ4n) is 2.61. The fraction of sp³-hybridized carbons (Fsp3) is 0.333. The SMILES string of the molecule is CCC1=CC=C(N(/C(C)=C/CP(C)C)c2ccccc2)C=CC1. The number of anilines is 1. The molecule has 0 unspecified atom stereocenters. The lowest BCUT2D eigenvalue weighted by atomic mass is 10.1. The Morgan fingerprint density at radius 3 is 2.57 bits per heavy atom. The topological polar surface area (TPSA) is 3.24 Å². The van der Waals surface area contributed by atoms with Crippen molar-refractivity contribution in [2.75, 3.05) is 24.4 Å². The molecule has 122 valence electrons. The van der Waals surface area contributed by atoms with Crippen LogP contribution in [-0.2, 0) is 0 Å². The molecule has 0 radical (unpaired) electrons. The van der Waals surface area contributed by atoms with Crippen LogP contribution in [-0.4, -0.2) is 19.5 Å². The van der Waals surface area contributed by atoms with Crippen molar-refractivity contribution < 1.29 is 0 Å². The van der Waals surface area contributed by atoms with Crippen LogP contribution in [0.3, 0.4) is 0 Å². The van der Waals surface area contributed by atoms with Gasteiger partial charge in [0, 0.05) is 17.1 Å². The molecule has 1 aliphatic carbocycles. The van der Waals surface area contributed by atoms with E-state index in [1.54, 1.807) is 0 Å². The van der Waals surface area contributed by atoms with Gasteiger partial charge in [0.05, 0.1) is 0 Å². The van der Waals surface area contributed by atoms with Crippen LogP contribution in [0.25, 0.3) is 0 Å². The zero-order valence-corrected chi connectivity index (χ0v) is 15.7. The molecule has 0 atom stereocenters. The van der Waals surface area contributed by atoms with E-state index in [4.69, 9.17) is 0 Å². The summed E-state index contributed by atoms with van der Waals surface area (Å²) in [6.07, 6.45) is 14.8. The van der Waals surface area contributed by atoms with Crippen LogP contribution < -0.4 is 4.90 Å². The first-order chi connectivity index (χ1) is 11.1. The number of hydrogen-bond acceptors (Lipinski definition) is 1. The molecule has 0 aliphatic heterocycles. The average Bonchev–Trinajstić information content (AvgIpc) is 2.80. The van der Waals surface area contributed by atoms with E-state index >= 15 is 0 Å². The van der Waals surface area contributed by atoms with E-state index in [1.807, 2.05) is 0 Å². The second-order valence-corrected chi connectivity index (χ2v) is 8.68. The molecule has 0 N–H and O–H groups in total. The molecule has 0 bridgehead atoms. The molecule has 1 aromatic rings. The molecule has 1 aromatic carbocycles. The maximum absolute atomic E-state index is 2.38. The fourth-order valence-corrected chi connectivity index (χ4v) is 3.24. The van der Waals surface area contributed by atoms with Crippen molar-refractivity contribution in [3.8, 4) is 0 Å². The monoisotopic (exact) mass is 325 g/mol. The lowest BCUT2D eigenvalue weighted by Gasteiger charge is -2.27. The molecule has 0 heterocycles. The summed E-state index contributed by atoms with van der Waals surface area (Å²) in [4.78, 5) is 2.37. The Balaban J connectivity index is 2.40.